The fourth-order valence-electron chi connectivity index (χ4n) is 1.68. The number of nitro benzene ring substituents is 1. The number of rotatable bonds is 7. The van der Waals surface area contributed by atoms with Crippen molar-refractivity contribution in [1.82, 2.24) is 5.32 Å². The fraction of sp³-hybridized carbons (Fsp3) is 0.462. The van der Waals surface area contributed by atoms with Gasteiger partial charge in [-0.15, -0.1) is 0 Å². The van der Waals surface area contributed by atoms with Gasteiger partial charge in [0.25, 0.3) is 11.6 Å². The van der Waals surface area contributed by atoms with E-state index in [0.29, 0.717) is 13.0 Å². The van der Waals surface area contributed by atoms with E-state index in [4.69, 9.17) is 28.3 Å². The van der Waals surface area contributed by atoms with Crippen LogP contribution in [0.2, 0.25) is 10.0 Å². The maximum atomic E-state index is 12.0. The molecule has 0 spiro atoms. The maximum Gasteiger partial charge on any atom is 0.271 e. The number of nitrogens with one attached hydrogen (secondary N) is 1. The molecule has 0 saturated carbocycles. The third-order valence-electron chi connectivity index (χ3n) is 2.94. The van der Waals surface area contributed by atoms with E-state index in [1.165, 1.54) is 0 Å². The molecule has 1 atom stereocenters. The Bertz CT molecular complexity index is 537. The highest BCUT2D eigenvalue weighted by Crippen LogP contribution is 2.30. The van der Waals surface area contributed by atoms with Gasteiger partial charge in [-0.2, -0.15) is 0 Å². The summed E-state index contributed by atoms with van der Waals surface area (Å²) >= 11 is 11.7. The van der Waals surface area contributed by atoms with Crippen LogP contribution in [-0.2, 0) is 0 Å². The number of nitrogens with zero attached hydrogens (tertiary/aromatic N) is 1. The van der Waals surface area contributed by atoms with Gasteiger partial charge in [0, 0.05) is 25.3 Å². The van der Waals surface area contributed by atoms with Gasteiger partial charge < -0.3 is 10.4 Å². The first-order valence-corrected chi connectivity index (χ1v) is 7.15. The number of hydrogen-bond acceptors (Lipinski definition) is 4. The summed E-state index contributed by atoms with van der Waals surface area (Å²) in [6.45, 7) is 2.39. The largest absolute Gasteiger partial charge is 0.396 e. The third-order valence-corrected chi connectivity index (χ3v) is 3.74. The number of aliphatic hydroxyl groups is 1. The quantitative estimate of drug-likeness (QED) is 0.455. The van der Waals surface area contributed by atoms with Gasteiger partial charge in [-0.25, -0.2) is 0 Å². The Morgan fingerprint density at radius 3 is 2.71 bits per heavy atom. The minimum Gasteiger partial charge on any atom is -0.396 e. The van der Waals surface area contributed by atoms with Crippen molar-refractivity contribution < 1.29 is 14.8 Å². The summed E-state index contributed by atoms with van der Waals surface area (Å²) in [7, 11) is 0. The lowest BCUT2D eigenvalue weighted by Crippen LogP contribution is -2.25. The molecule has 0 aliphatic carbocycles. The smallest absolute Gasteiger partial charge is 0.271 e. The van der Waals surface area contributed by atoms with E-state index in [0.717, 1.165) is 18.6 Å². The third kappa shape index (κ3) is 5.15. The van der Waals surface area contributed by atoms with E-state index in [-0.39, 0.29) is 33.8 Å². The predicted molar refractivity (Wildman–Crippen MR) is 80.9 cm³/mol. The first kappa shape index (κ1) is 17.7. The zero-order chi connectivity index (χ0) is 16.0. The van der Waals surface area contributed by atoms with Crippen LogP contribution in [0.1, 0.15) is 30.1 Å². The van der Waals surface area contributed by atoms with Gasteiger partial charge >= 0.3 is 0 Å². The second-order valence-corrected chi connectivity index (χ2v) is 5.52. The monoisotopic (exact) mass is 334 g/mol. The highest BCUT2D eigenvalue weighted by atomic mass is 35.5. The molecule has 116 valence electrons. The lowest BCUT2D eigenvalue weighted by atomic mass is 10.1. The molecule has 0 fully saturated rings. The van der Waals surface area contributed by atoms with Crippen molar-refractivity contribution in [1.29, 1.82) is 0 Å². The van der Waals surface area contributed by atoms with E-state index in [2.05, 4.69) is 5.32 Å². The molecule has 0 bridgehead atoms. The highest BCUT2D eigenvalue weighted by molar-refractivity contribution is 6.44. The lowest BCUT2D eigenvalue weighted by molar-refractivity contribution is -0.384. The normalized spacial score (nSPS) is 12.0. The molecule has 0 heterocycles. The molecule has 1 amide bonds. The molecule has 1 rings (SSSR count). The van der Waals surface area contributed by atoms with Crippen molar-refractivity contribution in [2.75, 3.05) is 13.2 Å². The first-order chi connectivity index (χ1) is 9.86. The molecule has 1 unspecified atom stereocenters. The van der Waals surface area contributed by atoms with Gasteiger partial charge in [-0.3, -0.25) is 14.9 Å². The SMILES string of the molecule is CC(CO)CCCNC(=O)c1cc([N+](=O)[O-])cc(Cl)c1Cl. The minimum absolute atomic E-state index is 0.0107. The fourth-order valence-corrected chi connectivity index (χ4v) is 2.09. The molecule has 21 heavy (non-hydrogen) atoms. The molecule has 0 aliphatic heterocycles. The Hall–Kier alpha value is -1.37. The van der Waals surface area contributed by atoms with Crippen molar-refractivity contribution in [3.63, 3.8) is 0 Å². The molecule has 6 nitrogen and oxygen atoms in total. The molecule has 1 aromatic rings. The summed E-state index contributed by atoms with van der Waals surface area (Å²) in [6.07, 6.45) is 1.45. The lowest BCUT2D eigenvalue weighted by Gasteiger charge is -2.10. The van der Waals surface area contributed by atoms with Crippen LogP contribution in [0.4, 0.5) is 5.69 Å². The maximum absolute atomic E-state index is 12.0. The van der Waals surface area contributed by atoms with Crippen molar-refractivity contribution in [3.8, 4) is 0 Å². The van der Waals surface area contributed by atoms with Crippen LogP contribution >= 0.6 is 23.2 Å². The zero-order valence-corrected chi connectivity index (χ0v) is 12.9. The van der Waals surface area contributed by atoms with Crippen LogP contribution in [0.3, 0.4) is 0 Å². The Morgan fingerprint density at radius 1 is 1.48 bits per heavy atom. The van der Waals surface area contributed by atoms with Crippen molar-refractivity contribution >= 4 is 34.8 Å². The van der Waals surface area contributed by atoms with Crippen LogP contribution < -0.4 is 5.32 Å². The number of hydrogen-bond donors (Lipinski definition) is 2. The summed E-state index contributed by atoms with van der Waals surface area (Å²) < 4.78 is 0. The Labute approximate surface area is 132 Å². The van der Waals surface area contributed by atoms with Crippen LogP contribution in [0, 0.1) is 16.0 Å². The topological polar surface area (TPSA) is 92.5 Å². The number of carbonyl (C=O) groups is 1. The van der Waals surface area contributed by atoms with Crippen molar-refractivity contribution in [2.24, 2.45) is 5.92 Å². The van der Waals surface area contributed by atoms with Gasteiger partial charge in [0.15, 0.2) is 0 Å². The molecule has 0 aliphatic rings. The first-order valence-electron chi connectivity index (χ1n) is 6.39. The van der Waals surface area contributed by atoms with Crippen molar-refractivity contribution in [3.05, 3.63) is 37.9 Å². The summed E-state index contributed by atoms with van der Waals surface area (Å²) in [5.41, 5.74) is -0.311. The second kappa shape index (κ2) is 8.17. The zero-order valence-electron chi connectivity index (χ0n) is 11.4. The standard InChI is InChI=1S/C13H16Cl2N2O4/c1-8(7-18)3-2-4-16-13(19)10-5-9(17(20)21)6-11(14)12(10)15/h5-6,8,18H,2-4,7H2,1H3,(H,16,19). The second-order valence-electron chi connectivity index (χ2n) is 4.73. The number of amides is 1. The summed E-state index contributed by atoms with van der Waals surface area (Å²) in [5, 5.41) is 22.2. The molecular weight excluding hydrogens is 319 g/mol. The Balaban J connectivity index is 2.71. The van der Waals surface area contributed by atoms with Crippen LogP contribution in [0.5, 0.6) is 0 Å². The Morgan fingerprint density at radius 2 is 2.14 bits per heavy atom. The molecule has 2 N–H and O–H groups in total. The number of carbonyl (C=O) groups excluding carboxylic acids is 1. The van der Waals surface area contributed by atoms with E-state index in [9.17, 15) is 14.9 Å². The molecule has 0 radical (unpaired) electrons. The van der Waals surface area contributed by atoms with E-state index < -0.39 is 10.8 Å². The van der Waals surface area contributed by atoms with Crippen LogP contribution in [0.25, 0.3) is 0 Å². The molecular formula is C13H16Cl2N2O4. The van der Waals surface area contributed by atoms with E-state index in [1.807, 2.05) is 6.92 Å². The number of benzene rings is 1. The minimum atomic E-state index is -0.637. The predicted octanol–water partition coefficient (Wildman–Crippen LogP) is 3.04. The number of non-ortho nitro benzene ring substituents is 1. The van der Waals surface area contributed by atoms with Gasteiger partial charge in [0.1, 0.15) is 0 Å². The Kier molecular flexibility index (Phi) is 6.87. The summed E-state index contributed by atoms with van der Waals surface area (Å²) in [4.78, 5) is 22.1. The average molecular weight is 335 g/mol. The molecule has 1 aromatic carbocycles. The van der Waals surface area contributed by atoms with Gasteiger partial charge in [0.2, 0.25) is 0 Å². The van der Waals surface area contributed by atoms with E-state index in [1.54, 1.807) is 0 Å². The molecule has 8 heteroatoms. The summed E-state index contributed by atoms with van der Waals surface area (Å²) in [6, 6.07) is 2.20. The molecule has 0 aromatic heterocycles. The van der Waals surface area contributed by atoms with Crippen LogP contribution in [0.15, 0.2) is 12.1 Å². The number of halogens is 2. The van der Waals surface area contributed by atoms with E-state index >= 15 is 0 Å². The van der Waals surface area contributed by atoms with Gasteiger partial charge in [0.05, 0.1) is 20.5 Å². The summed E-state index contributed by atoms with van der Waals surface area (Å²) in [5.74, 6) is -0.347. The van der Waals surface area contributed by atoms with Crippen LogP contribution in [-0.4, -0.2) is 29.1 Å². The average Bonchev–Trinajstić information content (AvgIpc) is 2.45. The van der Waals surface area contributed by atoms with Crippen molar-refractivity contribution in [2.45, 2.75) is 19.8 Å². The molecule has 0 saturated heterocycles. The number of aliphatic hydroxyl groups excluding tert-OH is 1. The van der Waals surface area contributed by atoms with Gasteiger partial charge in [-0.05, 0) is 18.8 Å². The number of nitro groups is 1. The highest BCUT2D eigenvalue weighted by Gasteiger charge is 2.19. The van der Waals surface area contributed by atoms with Gasteiger partial charge in [-0.1, -0.05) is 30.1 Å².